The lowest BCUT2D eigenvalue weighted by Gasteiger charge is -2.06. The molecule has 3 N–H and O–H groups in total. The van der Waals surface area contributed by atoms with Gasteiger partial charge in [0.1, 0.15) is 0 Å². The summed E-state index contributed by atoms with van der Waals surface area (Å²) in [7, 11) is 0. The summed E-state index contributed by atoms with van der Waals surface area (Å²) in [5.74, 6) is 6.17. The molecule has 0 spiro atoms. The summed E-state index contributed by atoms with van der Waals surface area (Å²) in [6, 6.07) is 5.41. The van der Waals surface area contributed by atoms with Crippen LogP contribution in [-0.2, 0) is 10.5 Å². The number of carbonyl (C=O) groups excluding carboxylic acids is 1. The molecule has 0 aliphatic carbocycles. The number of hydrazine groups is 1. The topological polar surface area (TPSA) is 55.1 Å². The summed E-state index contributed by atoms with van der Waals surface area (Å²) in [5.41, 5.74) is 2.99. The first-order valence-corrected chi connectivity index (χ1v) is 6.56. The maximum Gasteiger partial charge on any atom is 0.234 e. The monoisotopic (exact) mass is 278 g/mol. The Morgan fingerprint density at radius 3 is 2.56 bits per heavy atom. The van der Waals surface area contributed by atoms with E-state index in [4.69, 9.17) is 29.0 Å². The van der Waals surface area contributed by atoms with Crippen LogP contribution in [0.1, 0.15) is 12.0 Å². The molecule has 6 heteroatoms. The fraction of sp³-hybridized carbons (Fsp3) is 0.300. The zero-order valence-corrected chi connectivity index (χ0v) is 10.8. The van der Waals surface area contributed by atoms with E-state index >= 15 is 0 Å². The highest BCUT2D eigenvalue weighted by Crippen LogP contribution is 2.28. The Hall–Kier alpha value is -0.420. The van der Waals surface area contributed by atoms with Gasteiger partial charge in [0.2, 0.25) is 5.91 Å². The van der Waals surface area contributed by atoms with Gasteiger partial charge in [-0.1, -0.05) is 29.3 Å². The van der Waals surface area contributed by atoms with Crippen molar-refractivity contribution in [3.63, 3.8) is 0 Å². The molecule has 0 atom stereocenters. The second-order valence-corrected chi connectivity index (χ2v) is 4.99. The van der Waals surface area contributed by atoms with Crippen molar-refractivity contribution in [1.82, 2.24) is 5.43 Å². The van der Waals surface area contributed by atoms with Crippen LogP contribution in [-0.4, -0.2) is 11.7 Å². The second kappa shape index (κ2) is 7.01. The molecule has 0 unspecified atom stereocenters. The van der Waals surface area contributed by atoms with Crippen LogP contribution in [0.3, 0.4) is 0 Å². The molecule has 0 heterocycles. The number of carbonyl (C=O) groups is 1. The SMILES string of the molecule is NNC(=O)CCSCc1c(Cl)cccc1Cl. The Kier molecular flexibility index (Phi) is 5.98. The Balaban J connectivity index is 2.40. The minimum absolute atomic E-state index is 0.169. The highest BCUT2D eigenvalue weighted by Gasteiger charge is 2.05. The van der Waals surface area contributed by atoms with Gasteiger partial charge in [0.05, 0.1) is 0 Å². The third-order valence-corrected chi connectivity index (χ3v) is 3.64. The second-order valence-electron chi connectivity index (χ2n) is 3.07. The molecule has 1 aromatic carbocycles. The molecule has 0 radical (unpaired) electrons. The lowest BCUT2D eigenvalue weighted by Crippen LogP contribution is -2.30. The summed E-state index contributed by atoms with van der Waals surface area (Å²) >= 11 is 13.6. The number of halogens is 2. The fourth-order valence-electron chi connectivity index (χ4n) is 1.08. The first-order valence-electron chi connectivity index (χ1n) is 4.65. The van der Waals surface area contributed by atoms with Gasteiger partial charge >= 0.3 is 0 Å². The third kappa shape index (κ3) is 4.22. The van der Waals surface area contributed by atoms with Crippen molar-refractivity contribution in [1.29, 1.82) is 0 Å². The molecule has 0 saturated heterocycles. The molecule has 0 fully saturated rings. The van der Waals surface area contributed by atoms with Crippen LogP contribution < -0.4 is 11.3 Å². The fourth-order valence-corrected chi connectivity index (χ4v) is 2.76. The predicted molar refractivity (Wildman–Crippen MR) is 69.6 cm³/mol. The molecule has 1 amide bonds. The van der Waals surface area contributed by atoms with E-state index in [1.165, 1.54) is 0 Å². The lowest BCUT2D eigenvalue weighted by atomic mass is 10.2. The van der Waals surface area contributed by atoms with Crippen molar-refractivity contribution in [3.8, 4) is 0 Å². The van der Waals surface area contributed by atoms with Gasteiger partial charge in [0, 0.05) is 28.0 Å². The summed E-state index contributed by atoms with van der Waals surface area (Å²) in [4.78, 5) is 10.9. The zero-order valence-electron chi connectivity index (χ0n) is 8.50. The molecular formula is C10H12Cl2N2OS. The number of benzene rings is 1. The molecule has 0 bridgehead atoms. The van der Waals surface area contributed by atoms with Crippen molar-refractivity contribution >= 4 is 40.9 Å². The van der Waals surface area contributed by atoms with E-state index in [1.807, 2.05) is 0 Å². The first-order chi connectivity index (χ1) is 7.65. The Morgan fingerprint density at radius 2 is 2.00 bits per heavy atom. The average Bonchev–Trinajstić information content (AvgIpc) is 2.27. The van der Waals surface area contributed by atoms with E-state index in [-0.39, 0.29) is 5.91 Å². The number of rotatable bonds is 5. The summed E-state index contributed by atoms with van der Waals surface area (Å²) in [5, 5.41) is 1.31. The number of amides is 1. The largest absolute Gasteiger partial charge is 0.294 e. The maximum absolute atomic E-state index is 10.9. The quantitative estimate of drug-likeness (QED) is 0.377. The third-order valence-electron chi connectivity index (χ3n) is 1.94. The number of thioether (sulfide) groups is 1. The summed E-state index contributed by atoms with van der Waals surface area (Å²) in [6.07, 6.45) is 0.392. The van der Waals surface area contributed by atoms with Gasteiger partial charge in [-0.3, -0.25) is 10.2 Å². The van der Waals surface area contributed by atoms with Crippen LogP contribution in [0.2, 0.25) is 10.0 Å². The Bertz CT molecular complexity index is 354. The van der Waals surface area contributed by atoms with E-state index in [9.17, 15) is 4.79 Å². The standard InChI is InChI=1S/C10H12Cl2N2OS/c11-8-2-1-3-9(12)7(8)6-16-5-4-10(15)14-13/h1-3H,4-6,13H2,(H,14,15). The van der Waals surface area contributed by atoms with Crippen LogP contribution in [0, 0.1) is 0 Å². The van der Waals surface area contributed by atoms with Crippen molar-refractivity contribution in [2.75, 3.05) is 5.75 Å². The minimum Gasteiger partial charge on any atom is -0.294 e. The molecule has 1 rings (SSSR count). The highest BCUT2D eigenvalue weighted by atomic mass is 35.5. The van der Waals surface area contributed by atoms with Crippen LogP contribution in [0.15, 0.2) is 18.2 Å². The van der Waals surface area contributed by atoms with E-state index in [1.54, 1.807) is 30.0 Å². The summed E-state index contributed by atoms with van der Waals surface area (Å²) in [6.45, 7) is 0. The normalized spacial score (nSPS) is 10.2. The molecule has 1 aromatic rings. The van der Waals surface area contributed by atoms with Crippen molar-refractivity contribution < 1.29 is 4.79 Å². The van der Waals surface area contributed by atoms with E-state index in [2.05, 4.69) is 5.43 Å². The lowest BCUT2D eigenvalue weighted by molar-refractivity contribution is -0.120. The van der Waals surface area contributed by atoms with Gasteiger partial charge in [-0.2, -0.15) is 11.8 Å². The van der Waals surface area contributed by atoms with Crippen LogP contribution in [0.5, 0.6) is 0 Å². The first kappa shape index (κ1) is 13.6. The van der Waals surface area contributed by atoms with Crippen molar-refractivity contribution in [3.05, 3.63) is 33.8 Å². The van der Waals surface area contributed by atoms with Gasteiger partial charge < -0.3 is 0 Å². The van der Waals surface area contributed by atoms with Gasteiger partial charge in [0.25, 0.3) is 0 Å². The number of nitrogens with two attached hydrogens (primary N) is 1. The number of hydrogen-bond acceptors (Lipinski definition) is 3. The molecule has 3 nitrogen and oxygen atoms in total. The molecule has 0 aliphatic heterocycles. The Labute approximate surface area is 109 Å². The smallest absolute Gasteiger partial charge is 0.234 e. The van der Waals surface area contributed by atoms with E-state index in [0.29, 0.717) is 28.0 Å². The number of nitrogens with one attached hydrogen (secondary N) is 1. The molecular weight excluding hydrogens is 267 g/mol. The van der Waals surface area contributed by atoms with E-state index in [0.717, 1.165) is 5.56 Å². The van der Waals surface area contributed by atoms with Gasteiger partial charge in [-0.05, 0) is 17.7 Å². The van der Waals surface area contributed by atoms with Gasteiger partial charge in [-0.25, -0.2) is 5.84 Å². The molecule has 0 saturated carbocycles. The Morgan fingerprint density at radius 1 is 1.38 bits per heavy atom. The average molecular weight is 279 g/mol. The maximum atomic E-state index is 10.9. The zero-order chi connectivity index (χ0) is 12.0. The number of hydrogen-bond donors (Lipinski definition) is 2. The van der Waals surface area contributed by atoms with Gasteiger partial charge in [0.15, 0.2) is 0 Å². The highest BCUT2D eigenvalue weighted by molar-refractivity contribution is 7.98. The molecule has 16 heavy (non-hydrogen) atoms. The van der Waals surface area contributed by atoms with Crippen LogP contribution in [0.4, 0.5) is 0 Å². The van der Waals surface area contributed by atoms with Crippen LogP contribution >= 0.6 is 35.0 Å². The van der Waals surface area contributed by atoms with Gasteiger partial charge in [-0.15, -0.1) is 0 Å². The van der Waals surface area contributed by atoms with Crippen molar-refractivity contribution in [2.24, 2.45) is 5.84 Å². The summed E-state index contributed by atoms with van der Waals surface area (Å²) < 4.78 is 0. The van der Waals surface area contributed by atoms with Crippen LogP contribution in [0.25, 0.3) is 0 Å². The van der Waals surface area contributed by atoms with E-state index < -0.39 is 0 Å². The molecule has 0 aromatic heterocycles. The minimum atomic E-state index is -0.169. The molecule has 0 aliphatic rings. The van der Waals surface area contributed by atoms with Crippen molar-refractivity contribution in [2.45, 2.75) is 12.2 Å². The predicted octanol–water partition coefficient (Wildman–Crippen LogP) is 2.61. The molecule has 88 valence electrons.